The molecule has 0 aromatic rings. The molecular formula is C87H170O17P2. The van der Waals surface area contributed by atoms with E-state index in [0.717, 1.165) is 102 Å². The summed E-state index contributed by atoms with van der Waals surface area (Å²) in [5, 5.41) is 10.7. The van der Waals surface area contributed by atoms with Gasteiger partial charge in [0, 0.05) is 25.7 Å². The zero-order chi connectivity index (χ0) is 77.8. The molecule has 0 saturated heterocycles. The molecule has 0 amide bonds. The first kappa shape index (κ1) is 104. The Bertz CT molecular complexity index is 2030. The van der Waals surface area contributed by atoms with Crippen molar-refractivity contribution < 1.29 is 80.2 Å². The third kappa shape index (κ3) is 78.7. The average molecular weight is 1550 g/mol. The Morgan fingerprint density at radius 3 is 0.717 bits per heavy atom. The van der Waals surface area contributed by atoms with Crippen molar-refractivity contribution in [1.82, 2.24) is 0 Å². The van der Waals surface area contributed by atoms with Crippen molar-refractivity contribution in [1.29, 1.82) is 0 Å². The van der Waals surface area contributed by atoms with E-state index in [1.807, 2.05) is 0 Å². The molecule has 0 aromatic carbocycles. The van der Waals surface area contributed by atoms with Gasteiger partial charge >= 0.3 is 39.5 Å². The van der Waals surface area contributed by atoms with E-state index in [4.69, 9.17) is 37.0 Å². The predicted octanol–water partition coefficient (Wildman–Crippen LogP) is 26.6. The van der Waals surface area contributed by atoms with Gasteiger partial charge in [0.25, 0.3) is 0 Å². The fraction of sp³-hybridized carbons (Fsp3) is 0.954. The third-order valence-corrected chi connectivity index (χ3v) is 22.7. The van der Waals surface area contributed by atoms with E-state index < -0.39 is 97.5 Å². The van der Waals surface area contributed by atoms with Crippen LogP contribution in [0, 0.1) is 11.8 Å². The van der Waals surface area contributed by atoms with Gasteiger partial charge in [0.15, 0.2) is 12.2 Å². The Labute approximate surface area is 651 Å². The van der Waals surface area contributed by atoms with E-state index in [1.165, 1.54) is 283 Å². The fourth-order valence-electron chi connectivity index (χ4n) is 13.6. The summed E-state index contributed by atoms with van der Waals surface area (Å²) in [6.07, 6.45) is 70.7. The molecule has 0 heterocycles. The highest BCUT2D eigenvalue weighted by Crippen LogP contribution is 2.45. The van der Waals surface area contributed by atoms with Gasteiger partial charge in [0.1, 0.15) is 19.3 Å². The molecule has 3 N–H and O–H groups in total. The second-order valence-electron chi connectivity index (χ2n) is 32.0. The Kier molecular flexibility index (Phi) is 76.9. The normalized spacial score (nSPS) is 14.1. The first-order valence-corrected chi connectivity index (χ1v) is 48.0. The van der Waals surface area contributed by atoms with Gasteiger partial charge in [-0.1, -0.05) is 414 Å². The zero-order valence-electron chi connectivity index (χ0n) is 69.7. The van der Waals surface area contributed by atoms with Gasteiger partial charge in [-0.25, -0.2) is 9.13 Å². The van der Waals surface area contributed by atoms with Gasteiger partial charge in [-0.2, -0.15) is 0 Å². The number of esters is 4. The molecule has 0 spiro atoms. The topological polar surface area (TPSA) is 237 Å². The van der Waals surface area contributed by atoms with Gasteiger partial charge in [-0.05, 0) is 37.5 Å². The lowest BCUT2D eigenvalue weighted by atomic mass is 9.99. The standard InChI is InChI=1S/C87H170O17P2/c1-7-10-12-14-16-18-20-22-24-26-27-29-31-37-41-47-54-60-66-72-86(91)103-82(75-97-84(89)69-63-57-51-45-39-35-33-32-34-38-44-50-56-62-68-80(6)9-3)77-101-105(93,94)99-73-81(88)74-100-106(95,96)102-78-83(76-98-85(90)70-64-58-52-48-42-43-49-55-61-67-79(4)5)104-87(92)71-65-59-53-46-40-36-30-28-25-23-21-19-17-15-13-11-8-2/h79-83,88H,7-78H2,1-6H3,(H,93,94)(H,95,96)/t80?,81-,82-,83-/m1/s1. The van der Waals surface area contributed by atoms with Crippen LogP contribution in [-0.2, 0) is 65.4 Å². The summed E-state index contributed by atoms with van der Waals surface area (Å²) < 4.78 is 69.0. The molecule has 0 fully saturated rings. The highest BCUT2D eigenvalue weighted by Gasteiger charge is 2.30. The van der Waals surface area contributed by atoms with Gasteiger partial charge in [-0.15, -0.1) is 0 Å². The number of hydrogen-bond acceptors (Lipinski definition) is 15. The van der Waals surface area contributed by atoms with Crippen LogP contribution >= 0.6 is 15.6 Å². The van der Waals surface area contributed by atoms with E-state index in [0.29, 0.717) is 25.7 Å². The Morgan fingerprint density at radius 1 is 0.274 bits per heavy atom. The van der Waals surface area contributed by atoms with Crippen LogP contribution < -0.4 is 0 Å². The molecule has 0 rings (SSSR count). The SMILES string of the molecule is CCCCCCCCCCCCCCCCCCCCCC(=O)O[C@H](COC(=O)CCCCCCCCCCCCCCCCC(C)CC)COP(=O)(O)OC[C@@H](O)COP(=O)(O)OC[C@@H](COC(=O)CCCCCCCCCCCC(C)C)OC(=O)CCCCCCCCCCCCCCCCCCC. The number of hydrogen-bond donors (Lipinski definition) is 3. The summed E-state index contributed by atoms with van der Waals surface area (Å²) in [5.41, 5.74) is 0. The van der Waals surface area contributed by atoms with E-state index in [2.05, 4.69) is 41.5 Å². The molecule has 0 aliphatic heterocycles. The first-order valence-electron chi connectivity index (χ1n) is 45.0. The molecular weight excluding hydrogens is 1380 g/mol. The van der Waals surface area contributed by atoms with Crippen LogP contribution in [0.15, 0.2) is 0 Å². The highest BCUT2D eigenvalue weighted by molar-refractivity contribution is 7.47. The Balaban J connectivity index is 5.26. The molecule has 0 bridgehead atoms. The number of phosphoric ester groups is 2. The van der Waals surface area contributed by atoms with E-state index in [-0.39, 0.29) is 25.7 Å². The van der Waals surface area contributed by atoms with Crippen LogP contribution in [0.5, 0.6) is 0 Å². The zero-order valence-corrected chi connectivity index (χ0v) is 71.5. The molecule has 106 heavy (non-hydrogen) atoms. The molecule has 0 aliphatic rings. The lowest BCUT2D eigenvalue weighted by Crippen LogP contribution is -2.30. The number of unbranched alkanes of at least 4 members (excludes halogenated alkanes) is 55. The summed E-state index contributed by atoms with van der Waals surface area (Å²) in [4.78, 5) is 73.3. The fourth-order valence-corrected chi connectivity index (χ4v) is 15.1. The van der Waals surface area contributed by atoms with E-state index in [9.17, 15) is 43.2 Å². The van der Waals surface area contributed by atoms with Gasteiger partial charge < -0.3 is 33.8 Å². The van der Waals surface area contributed by atoms with Crippen molar-refractivity contribution in [2.45, 2.75) is 484 Å². The van der Waals surface area contributed by atoms with Crippen molar-refractivity contribution >= 4 is 39.5 Å². The first-order chi connectivity index (χ1) is 51.4. The summed E-state index contributed by atoms with van der Waals surface area (Å²) in [6.45, 7) is 9.72. The molecule has 0 radical (unpaired) electrons. The predicted molar refractivity (Wildman–Crippen MR) is 437 cm³/mol. The summed E-state index contributed by atoms with van der Waals surface area (Å²) >= 11 is 0. The van der Waals surface area contributed by atoms with Crippen molar-refractivity contribution in [2.75, 3.05) is 39.6 Å². The second-order valence-corrected chi connectivity index (χ2v) is 34.9. The van der Waals surface area contributed by atoms with Gasteiger partial charge in [0.2, 0.25) is 0 Å². The van der Waals surface area contributed by atoms with Gasteiger partial charge in [0.05, 0.1) is 26.4 Å². The van der Waals surface area contributed by atoms with Gasteiger partial charge in [-0.3, -0.25) is 37.3 Å². The van der Waals surface area contributed by atoms with Crippen molar-refractivity contribution in [3.05, 3.63) is 0 Å². The summed E-state index contributed by atoms with van der Waals surface area (Å²) in [5.74, 6) is -0.506. The van der Waals surface area contributed by atoms with Crippen LogP contribution in [0.4, 0.5) is 0 Å². The molecule has 19 heteroatoms. The van der Waals surface area contributed by atoms with Crippen LogP contribution in [-0.4, -0.2) is 96.7 Å². The quantitative estimate of drug-likeness (QED) is 0.0222. The molecule has 0 aromatic heterocycles. The van der Waals surface area contributed by atoms with Crippen LogP contribution in [0.2, 0.25) is 0 Å². The lowest BCUT2D eigenvalue weighted by Gasteiger charge is -2.21. The largest absolute Gasteiger partial charge is 0.472 e. The minimum atomic E-state index is -4.97. The number of aliphatic hydroxyl groups excluding tert-OH is 1. The average Bonchev–Trinajstić information content (AvgIpc) is 0.900. The van der Waals surface area contributed by atoms with Crippen molar-refractivity contribution in [3.8, 4) is 0 Å². The summed E-state index contributed by atoms with van der Waals surface area (Å²) in [6, 6.07) is 0. The van der Waals surface area contributed by atoms with Crippen molar-refractivity contribution in [2.24, 2.45) is 11.8 Å². The molecule has 6 atom stereocenters. The van der Waals surface area contributed by atoms with Crippen molar-refractivity contribution in [3.63, 3.8) is 0 Å². The van der Waals surface area contributed by atoms with Crippen LogP contribution in [0.1, 0.15) is 465 Å². The number of phosphoric acid groups is 2. The number of ether oxygens (including phenoxy) is 4. The Morgan fingerprint density at radius 2 is 0.481 bits per heavy atom. The maximum Gasteiger partial charge on any atom is 0.472 e. The van der Waals surface area contributed by atoms with Crippen LogP contribution in [0.3, 0.4) is 0 Å². The molecule has 0 aliphatic carbocycles. The highest BCUT2D eigenvalue weighted by atomic mass is 31.2. The summed E-state index contributed by atoms with van der Waals surface area (Å²) in [7, 11) is -9.93. The second kappa shape index (κ2) is 78.3. The smallest absolute Gasteiger partial charge is 0.462 e. The minimum Gasteiger partial charge on any atom is -0.462 e. The van der Waals surface area contributed by atoms with E-state index >= 15 is 0 Å². The number of rotatable bonds is 86. The molecule has 17 nitrogen and oxygen atoms in total. The minimum absolute atomic E-state index is 0.108. The number of aliphatic hydroxyl groups is 1. The van der Waals surface area contributed by atoms with Crippen LogP contribution in [0.25, 0.3) is 0 Å². The van der Waals surface area contributed by atoms with E-state index in [1.54, 1.807) is 0 Å². The third-order valence-electron chi connectivity index (χ3n) is 20.8. The maximum absolute atomic E-state index is 13.2. The molecule has 630 valence electrons. The number of carbonyl (C=O) groups is 4. The maximum atomic E-state index is 13.2. The number of carbonyl (C=O) groups excluding carboxylic acids is 4. The monoisotopic (exact) mass is 1550 g/mol. The molecule has 0 saturated carbocycles. The Hall–Kier alpha value is -1.94. The lowest BCUT2D eigenvalue weighted by molar-refractivity contribution is -0.161. The molecule has 3 unspecified atom stereocenters.